The first-order valence-corrected chi connectivity index (χ1v) is 12.5. The maximum atomic E-state index is 12.2. The first-order valence-electron chi connectivity index (χ1n) is 11.3. The number of rotatable bonds is 5. The minimum atomic E-state index is -0.252. The molecule has 2 aromatic rings. The van der Waals surface area contributed by atoms with Crippen molar-refractivity contribution in [3.8, 4) is 0 Å². The lowest BCUT2D eigenvalue weighted by Gasteiger charge is -2.40. The molecular formula is C24H30ClN3O3S. The van der Waals surface area contributed by atoms with E-state index in [1.54, 1.807) is 23.2 Å². The number of anilines is 1. The van der Waals surface area contributed by atoms with Crippen LogP contribution in [0.2, 0.25) is 5.02 Å². The van der Waals surface area contributed by atoms with Crippen molar-refractivity contribution in [2.75, 3.05) is 38.1 Å². The Morgan fingerprint density at radius 2 is 1.94 bits per heavy atom. The number of carbonyl (C=O) groups is 2. The first-order chi connectivity index (χ1) is 15.5. The zero-order valence-electron chi connectivity index (χ0n) is 18.7. The molecule has 0 saturated carbocycles. The monoisotopic (exact) mass is 475 g/mol. The summed E-state index contributed by atoms with van der Waals surface area (Å²) in [6.07, 6.45) is 4.19. The number of amides is 2. The molecule has 0 radical (unpaired) electrons. The average Bonchev–Trinajstić information content (AvgIpc) is 3.12. The second-order valence-electron chi connectivity index (χ2n) is 8.31. The van der Waals surface area contributed by atoms with Crippen LogP contribution in [0.25, 0.3) is 0 Å². The first kappa shape index (κ1) is 23.1. The Bertz CT molecular complexity index is 985. The van der Waals surface area contributed by atoms with Crippen LogP contribution in [0.4, 0.5) is 9.80 Å². The smallest absolute Gasteiger partial charge is 0.409 e. The van der Waals surface area contributed by atoms with Crippen molar-refractivity contribution in [3.63, 3.8) is 0 Å². The number of nitrogens with one attached hydrogen (secondary N) is 1. The van der Waals surface area contributed by atoms with Crippen LogP contribution < -0.4 is 5.32 Å². The number of benzene rings is 1. The normalized spacial score (nSPS) is 17.5. The molecule has 1 aliphatic carbocycles. The molecule has 1 fully saturated rings. The summed E-state index contributed by atoms with van der Waals surface area (Å²) < 4.78 is 5.19. The predicted octanol–water partition coefficient (Wildman–Crippen LogP) is 5.10. The van der Waals surface area contributed by atoms with Gasteiger partial charge in [-0.1, -0.05) is 23.7 Å². The van der Waals surface area contributed by atoms with Gasteiger partial charge in [-0.15, -0.1) is 11.3 Å². The lowest BCUT2D eigenvalue weighted by atomic mass is 9.88. The minimum Gasteiger partial charge on any atom is -0.450 e. The molecule has 2 amide bonds. The van der Waals surface area contributed by atoms with Crippen LogP contribution in [0.5, 0.6) is 0 Å². The van der Waals surface area contributed by atoms with Crippen molar-refractivity contribution in [2.45, 2.75) is 45.6 Å². The number of ether oxygens (including phenoxy) is 1. The molecule has 4 rings (SSSR count). The van der Waals surface area contributed by atoms with Crippen molar-refractivity contribution in [1.82, 2.24) is 9.80 Å². The number of aryl methyl sites for hydroxylation is 1. The molecule has 1 aromatic carbocycles. The Hall–Kier alpha value is -2.09. The maximum Gasteiger partial charge on any atom is 0.409 e. The Balaban J connectivity index is 1.73. The van der Waals surface area contributed by atoms with Crippen LogP contribution in [0.3, 0.4) is 0 Å². The zero-order chi connectivity index (χ0) is 22.7. The molecule has 0 spiro atoms. The van der Waals surface area contributed by atoms with Crippen LogP contribution in [-0.2, 0) is 22.4 Å². The zero-order valence-corrected chi connectivity index (χ0v) is 20.2. The quantitative estimate of drug-likeness (QED) is 0.653. The van der Waals surface area contributed by atoms with E-state index in [4.69, 9.17) is 16.3 Å². The molecule has 2 aliphatic rings. The molecule has 0 bridgehead atoms. The van der Waals surface area contributed by atoms with Gasteiger partial charge in [0.2, 0.25) is 5.91 Å². The van der Waals surface area contributed by atoms with Gasteiger partial charge in [-0.2, -0.15) is 0 Å². The van der Waals surface area contributed by atoms with E-state index in [1.165, 1.54) is 22.4 Å². The molecule has 2 heterocycles. The van der Waals surface area contributed by atoms with E-state index in [1.807, 2.05) is 25.1 Å². The van der Waals surface area contributed by atoms with Crippen molar-refractivity contribution in [1.29, 1.82) is 0 Å². The third-order valence-corrected chi connectivity index (χ3v) is 7.60. The summed E-state index contributed by atoms with van der Waals surface area (Å²) in [5.41, 5.74) is 3.69. The third-order valence-electron chi connectivity index (χ3n) is 6.15. The molecule has 1 saturated heterocycles. The topological polar surface area (TPSA) is 61.9 Å². The van der Waals surface area contributed by atoms with Gasteiger partial charge in [-0.25, -0.2) is 4.79 Å². The van der Waals surface area contributed by atoms with Gasteiger partial charge < -0.3 is 15.0 Å². The van der Waals surface area contributed by atoms with E-state index in [0.717, 1.165) is 42.9 Å². The van der Waals surface area contributed by atoms with E-state index in [9.17, 15) is 9.59 Å². The highest BCUT2D eigenvalue weighted by molar-refractivity contribution is 7.16. The summed E-state index contributed by atoms with van der Waals surface area (Å²) in [7, 11) is 0. The fourth-order valence-corrected chi connectivity index (χ4v) is 6.31. The van der Waals surface area contributed by atoms with Crippen LogP contribution in [0, 0.1) is 0 Å². The van der Waals surface area contributed by atoms with Crippen LogP contribution >= 0.6 is 22.9 Å². The molecule has 172 valence electrons. The number of halogens is 1. The molecule has 32 heavy (non-hydrogen) atoms. The minimum absolute atomic E-state index is 0.0296. The van der Waals surface area contributed by atoms with Gasteiger partial charge in [-0.05, 0) is 55.9 Å². The molecule has 1 unspecified atom stereocenters. The lowest BCUT2D eigenvalue weighted by Crippen LogP contribution is -2.50. The lowest BCUT2D eigenvalue weighted by molar-refractivity contribution is -0.114. The highest BCUT2D eigenvalue weighted by atomic mass is 35.5. The van der Waals surface area contributed by atoms with E-state index in [-0.39, 0.29) is 18.0 Å². The summed E-state index contributed by atoms with van der Waals surface area (Å²) >= 11 is 8.12. The van der Waals surface area contributed by atoms with Crippen molar-refractivity contribution in [2.24, 2.45) is 0 Å². The summed E-state index contributed by atoms with van der Waals surface area (Å²) in [4.78, 5) is 29.8. The van der Waals surface area contributed by atoms with Crippen molar-refractivity contribution in [3.05, 3.63) is 50.9 Å². The second-order valence-corrected chi connectivity index (χ2v) is 9.86. The number of piperazine rings is 1. The van der Waals surface area contributed by atoms with Crippen LogP contribution in [0.1, 0.15) is 54.3 Å². The third kappa shape index (κ3) is 4.95. The number of hydrogen-bond acceptors (Lipinski definition) is 5. The molecule has 1 atom stereocenters. The number of fused-ring (bicyclic) bond motifs is 1. The number of nitrogens with zero attached hydrogens (tertiary/aromatic N) is 2. The average molecular weight is 476 g/mol. The SMILES string of the molecule is CCOC(=O)N1CCN(C(c2cccc(Cl)c2)c2c(NC(C)=O)sc3c2CCCC3)CC1. The predicted molar refractivity (Wildman–Crippen MR) is 129 cm³/mol. The molecular weight excluding hydrogens is 446 g/mol. The summed E-state index contributed by atoms with van der Waals surface area (Å²) in [5.74, 6) is -0.0539. The van der Waals surface area contributed by atoms with Gasteiger partial charge in [0, 0.05) is 48.6 Å². The Morgan fingerprint density at radius 1 is 1.19 bits per heavy atom. The maximum absolute atomic E-state index is 12.2. The van der Waals surface area contributed by atoms with E-state index in [0.29, 0.717) is 24.7 Å². The fraction of sp³-hybridized carbons (Fsp3) is 0.500. The van der Waals surface area contributed by atoms with E-state index in [2.05, 4.69) is 16.3 Å². The van der Waals surface area contributed by atoms with Gasteiger partial charge in [-0.3, -0.25) is 9.69 Å². The largest absolute Gasteiger partial charge is 0.450 e. The molecule has 1 aromatic heterocycles. The molecule has 1 aliphatic heterocycles. The molecule has 1 N–H and O–H groups in total. The second kappa shape index (κ2) is 10.2. The van der Waals surface area contributed by atoms with Crippen LogP contribution in [0.15, 0.2) is 24.3 Å². The van der Waals surface area contributed by atoms with Gasteiger partial charge in [0.15, 0.2) is 0 Å². The van der Waals surface area contributed by atoms with Crippen LogP contribution in [-0.4, -0.2) is 54.6 Å². The highest BCUT2D eigenvalue weighted by Gasteiger charge is 2.34. The Morgan fingerprint density at radius 3 is 2.62 bits per heavy atom. The van der Waals surface area contributed by atoms with Crippen molar-refractivity contribution < 1.29 is 14.3 Å². The Kier molecular flexibility index (Phi) is 7.38. The number of thiophene rings is 1. The van der Waals surface area contributed by atoms with Gasteiger partial charge >= 0.3 is 6.09 Å². The summed E-state index contributed by atoms with van der Waals surface area (Å²) in [6.45, 7) is 6.43. The van der Waals surface area contributed by atoms with Crippen molar-refractivity contribution >= 4 is 39.9 Å². The standard InChI is InChI=1S/C24H30ClN3O3S/c1-3-31-24(30)28-13-11-27(12-14-28)22(17-7-6-8-18(25)15-17)21-19-9-4-5-10-20(19)32-23(21)26-16(2)29/h6-8,15,22H,3-5,9-14H2,1-2H3,(H,26,29). The van der Waals surface area contributed by atoms with E-state index < -0.39 is 0 Å². The fourth-order valence-electron chi connectivity index (χ4n) is 4.75. The number of hydrogen-bond donors (Lipinski definition) is 1. The molecule has 8 heteroatoms. The van der Waals surface area contributed by atoms with Gasteiger partial charge in [0.05, 0.1) is 12.6 Å². The van der Waals surface area contributed by atoms with Gasteiger partial charge in [0.25, 0.3) is 0 Å². The summed E-state index contributed by atoms with van der Waals surface area (Å²) in [5, 5.41) is 4.76. The van der Waals surface area contributed by atoms with Gasteiger partial charge in [0.1, 0.15) is 5.00 Å². The highest BCUT2D eigenvalue weighted by Crippen LogP contribution is 2.45. The molecule has 6 nitrogen and oxygen atoms in total. The summed E-state index contributed by atoms with van der Waals surface area (Å²) in [6, 6.07) is 7.97. The number of carbonyl (C=O) groups excluding carboxylic acids is 2. The Labute approximate surface area is 198 Å². The van der Waals surface area contributed by atoms with E-state index >= 15 is 0 Å².